The molecule has 6 heteroatoms. The molecular formula is C27H38N4OS. The summed E-state index contributed by atoms with van der Waals surface area (Å²) in [6.07, 6.45) is 4.18. The van der Waals surface area contributed by atoms with E-state index in [-0.39, 0.29) is 5.41 Å². The Balaban J connectivity index is 2.15. The van der Waals surface area contributed by atoms with E-state index in [1.165, 1.54) is 34.2 Å². The van der Waals surface area contributed by atoms with E-state index >= 15 is 0 Å². The van der Waals surface area contributed by atoms with Crippen LogP contribution in [0.1, 0.15) is 57.9 Å². The molecule has 3 aromatic rings. The van der Waals surface area contributed by atoms with Crippen LogP contribution in [0, 0.1) is 0 Å². The molecule has 1 aromatic heterocycles. The summed E-state index contributed by atoms with van der Waals surface area (Å²) in [6, 6.07) is 13.2. The average Bonchev–Trinajstić information content (AvgIpc) is 3.13. The van der Waals surface area contributed by atoms with Crippen LogP contribution in [-0.2, 0) is 18.9 Å². The van der Waals surface area contributed by atoms with E-state index in [9.17, 15) is 0 Å². The van der Waals surface area contributed by atoms with E-state index in [4.69, 9.17) is 4.74 Å². The molecular weight excluding hydrogens is 428 g/mol. The van der Waals surface area contributed by atoms with Gasteiger partial charge in [0.25, 0.3) is 0 Å². The second-order valence-electron chi connectivity index (χ2n) is 9.21. The van der Waals surface area contributed by atoms with Crippen LogP contribution in [0.3, 0.4) is 0 Å². The summed E-state index contributed by atoms with van der Waals surface area (Å²) in [5.74, 6) is 0.792. The zero-order chi connectivity index (χ0) is 24.2. The summed E-state index contributed by atoms with van der Waals surface area (Å²) in [5, 5.41) is 4.99. The van der Waals surface area contributed by atoms with Gasteiger partial charge in [-0.15, -0.1) is 0 Å². The number of aromatic nitrogens is 1. The predicted molar refractivity (Wildman–Crippen MR) is 146 cm³/mol. The Morgan fingerprint density at radius 3 is 2.45 bits per heavy atom. The number of anilines is 2. The minimum absolute atomic E-state index is 0.00619. The molecule has 2 aromatic carbocycles. The Bertz CT molecular complexity index is 1140. The Morgan fingerprint density at radius 1 is 1.12 bits per heavy atom. The quantitative estimate of drug-likeness (QED) is 0.294. The number of nitrogens with zero attached hydrogens (tertiary/aromatic N) is 1. The van der Waals surface area contributed by atoms with Crippen molar-refractivity contribution >= 4 is 40.1 Å². The number of rotatable bonds is 9. The number of hydrogen-bond acceptors (Lipinski definition) is 5. The summed E-state index contributed by atoms with van der Waals surface area (Å²) in [4.78, 5) is 0. The summed E-state index contributed by atoms with van der Waals surface area (Å²) >= 11 is 1.43. The maximum absolute atomic E-state index is 5.88. The molecule has 33 heavy (non-hydrogen) atoms. The molecule has 0 bridgehead atoms. The second-order valence-corrected chi connectivity index (χ2v) is 10.0. The molecule has 0 saturated carbocycles. The van der Waals surface area contributed by atoms with Gasteiger partial charge < -0.3 is 19.3 Å². The molecule has 0 fully saturated rings. The first-order chi connectivity index (χ1) is 15.7. The van der Waals surface area contributed by atoms with Crippen LogP contribution in [0.2, 0.25) is 0 Å². The minimum atomic E-state index is -0.00619. The Kier molecular flexibility index (Phi) is 8.03. The predicted octanol–water partition coefficient (Wildman–Crippen LogP) is 7.10. The molecule has 3 rings (SSSR count). The number of hydrogen-bond donors (Lipinski definition) is 3. The SMILES string of the molecule is CC/C=C(\Nc1cc(C(C)(C)C)cc(NSNC)c1OC)c1cc2cccc(CC)c2n1C. The molecule has 0 amide bonds. The van der Waals surface area contributed by atoms with Gasteiger partial charge in [0, 0.05) is 24.6 Å². The average molecular weight is 467 g/mol. The van der Waals surface area contributed by atoms with Gasteiger partial charge >= 0.3 is 0 Å². The first kappa shape index (κ1) is 25.1. The molecule has 0 aliphatic carbocycles. The van der Waals surface area contributed by atoms with Gasteiger partial charge in [0.1, 0.15) is 0 Å². The van der Waals surface area contributed by atoms with Crippen molar-refractivity contribution in [3.8, 4) is 5.75 Å². The van der Waals surface area contributed by atoms with Gasteiger partial charge in [-0.3, -0.25) is 0 Å². The molecule has 3 N–H and O–H groups in total. The lowest BCUT2D eigenvalue weighted by atomic mass is 9.86. The van der Waals surface area contributed by atoms with Crippen molar-refractivity contribution < 1.29 is 4.74 Å². The summed E-state index contributed by atoms with van der Waals surface area (Å²) in [6.45, 7) is 11.1. The highest BCUT2D eigenvalue weighted by atomic mass is 32.2. The van der Waals surface area contributed by atoms with Crippen molar-refractivity contribution in [2.75, 3.05) is 24.2 Å². The van der Waals surface area contributed by atoms with E-state index in [0.29, 0.717) is 0 Å². The van der Waals surface area contributed by atoms with Crippen molar-refractivity contribution in [1.29, 1.82) is 0 Å². The van der Waals surface area contributed by atoms with Crippen molar-refractivity contribution in [2.24, 2.45) is 7.05 Å². The van der Waals surface area contributed by atoms with Gasteiger partial charge in [0.15, 0.2) is 5.75 Å². The van der Waals surface area contributed by atoms with Crippen LogP contribution in [0.25, 0.3) is 16.6 Å². The van der Waals surface area contributed by atoms with Crippen LogP contribution in [0.15, 0.2) is 42.5 Å². The topological polar surface area (TPSA) is 50.2 Å². The summed E-state index contributed by atoms with van der Waals surface area (Å²) < 4.78 is 14.6. The largest absolute Gasteiger partial charge is 0.492 e. The van der Waals surface area contributed by atoms with Crippen molar-refractivity contribution in [3.63, 3.8) is 0 Å². The van der Waals surface area contributed by atoms with Crippen LogP contribution in [-0.4, -0.2) is 18.7 Å². The molecule has 0 aliphatic rings. The second kappa shape index (κ2) is 10.6. The Morgan fingerprint density at radius 2 is 1.85 bits per heavy atom. The Hall–Kier alpha value is -2.57. The third-order valence-corrected chi connectivity index (χ3v) is 6.42. The molecule has 1 heterocycles. The maximum Gasteiger partial charge on any atom is 0.166 e. The fourth-order valence-electron chi connectivity index (χ4n) is 4.17. The van der Waals surface area contributed by atoms with E-state index in [1.807, 2.05) is 7.05 Å². The number of methoxy groups -OCH3 is 1. The monoisotopic (exact) mass is 466 g/mol. The van der Waals surface area contributed by atoms with Gasteiger partial charge in [-0.25, -0.2) is 4.72 Å². The zero-order valence-electron chi connectivity index (χ0n) is 21.2. The third-order valence-electron chi connectivity index (χ3n) is 5.90. The number of para-hydroxylation sites is 1. The lowest BCUT2D eigenvalue weighted by molar-refractivity contribution is 0.418. The van der Waals surface area contributed by atoms with E-state index in [1.54, 1.807) is 7.11 Å². The molecule has 5 nitrogen and oxygen atoms in total. The van der Waals surface area contributed by atoms with Gasteiger partial charge in [-0.2, -0.15) is 0 Å². The van der Waals surface area contributed by atoms with Crippen LogP contribution >= 0.6 is 12.1 Å². The third kappa shape index (κ3) is 5.33. The van der Waals surface area contributed by atoms with Crippen LogP contribution in [0.4, 0.5) is 11.4 Å². The molecule has 0 spiro atoms. The van der Waals surface area contributed by atoms with Crippen molar-refractivity contribution in [1.82, 2.24) is 9.29 Å². The number of ether oxygens (including phenoxy) is 1. The number of fused-ring (bicyclic) bond motifs is 1. The van der Waals surface area contributed by atoms with Gasteiger partial charge in [0.2, 0.25) is 0 Å². The van der Waals surface area contributed by atoms with Crippen LogP contribution in [0.5, 0.6) is 5.75 Å². The molecule has 0 saturated heterocycles. The number of aryl methyl sites for hydroxylation is 2. The van der Waals surface area contributed by atoms with Gasteiger partial charge in [-0.1, -0.05) is 58.9 Å². The van der Waals surface area contributed by atoms with Crippen molar-refractivity contribution in [3.05, 3.63) is 59.3 Å². The number of benzene rings is 2. The molecule has 0 aliphatic heterocycles. The van der Waals surface area contributed by atoms with Gasteiger partial charge in [0.05, 0.1) is 35.4 Å². The lowest BCUT2D eigenvalue weighted by Gasteiger charge is -2.25. The normalized spacial score (nSPS) is 12.3. The number of allylic oxidation sites excluding steroid dienone is 1. The molecule has 0 unspecified atom stereocenters. The minimum Gasteiger partial charge on any atom is -0.492 e. The fraction of sp³-hybridized carbons (Fsp3) is 0.407. The smallest absolute Gasteiger partial charge is 0.166 e. The summed E-state index contributed by atoms with van der Waals surface area (Å²) in [7, 11) is 5.77. The highest BCUT2D eigenvalue weighted by Gasteiger charge is 2.21. The van der Waals surface area contributed by atoms with Crippen molar-refractivity contribution in [2.45, 2.75) is 52.9 Å². The lowest BCUT2D eigenvalue weighted by Crippen LogP contribution is -2.14. The van der Waals surface area contributed by atoms with Gasteiger partial charge in [-0.05, 0) is 54.6 Å². The maximum atomic E-state index is 5.88. The standard InChI is InChI=1S/C27H38N4OS/c1-9-12-21(24-15-19-14-11-13-18(10-2)25(19)31(24)7)29-22-16-20(27(3,4)5)17-23(26(22)32-8)30-33-28-6/h11-17,28-30H,9-10H2,1-8H3/b21-12-. The first-order valence-corrected chi connectivity index (χ1v) is 12.4. The highest BCUT2D eigenvalue weighted by Crippen LogP contribution is 2.41. The van der Waals surface area contributed by atoms with Crippen LogP contribution < -0.4 is 19.5 Å². The number of nitrogens with one attached hydrogen (secondary N) is 3. The van der Waals surface area contributed by atoms with E-state index in [0.717, 1.165) is 41.4 Å². The fourth-order valence-corrected chi connectivity index (χ4v) is 4.53. The Labute approximate surface area is 203 Å². The highest BCUT2D eigenvalue weighted by molar-refractivity contribution is 7.98. The molecule has 0 radical (unpaired) electrons. The van der Waals surface area contributed by atoms with E-state index in [2.05, 4.69) is 103 Å². The molecule has 178 valence electrons. The first-order valence-electron chi connectivity index (χ1n) is 11.6. The van der Waals surface area contributed by atoms with E-state index < -0.39 is 0 Å². The molecule has 0 atom stereocenters. The zero-order valence-corrected chi connectivity index (χ0v) is 22.0. The summed E-state index contributed by atoms with van der Waals surface area (Å²) in [5.41, 5.74) is 8.00.